The van der Waals surface area contributed by atoms with Gasteiger partial charge in [0.25, 0.3) is 10.0 Å². The van der Waals surface area contributed by atoms with Gasteiger partial charge in [-0.3, -0.25) is 5.41 Å². The van der Waals surface area contributed by atoms with E-state index in [4.69, 9.17) is 11.1 Å². The summed E-state index contributed by atoms with van der Waals surface area (Å²) in [6.07, 6.45) is 4.40. The van der Waals surface area contributed by atoms with E-state index in [1.807, 2.05) is 24.3 Å². The molecule has 2 aliphatic rings. The summed E-state index contributed by atoms with van der Waals surface area (Å²) in [6, 6.07) is 12.3. The molecule has 0 atom stereocenters. The standard InChI is InChI=1S/C23H32N6O3S.ClH/c24-22(25)27-14-10-18(11-15-27)17-29(23(30)28-12-4-1-5-13-28)26-33(31,32)21-9-8-19-6-2-3-7-20(19)16-21;/h2-3,6-9,16,18,26H,1,4-5,10-15,17H2,(H3,24,25);1H/p-1. The van der Waals surface area contributed by atoms with Gasteiger partial charge >= 0.3 is 6.03 Å². The largest absolute Gasteiger partial charge is 1.00 e. The van der Waals surface area contributed by atoms with Crippen molar-refractivity contribution in [2.24, 2.45) is 11.7 Å². The maximum atomic E-state index is 13.3. The zero-order chi connectivity index (χ0) is 23.4. The highest BCUT2D eigenvalue weighted by molar-refractivity contribution is 7.89. The molecule has 2 saturated heterocycles. The Morgan fingerprint density at radius 2 is 1.65 bits per heavy atom. The molecule has 0 aliphatic carbocycles. The van der Waals surface area contributed by atoms with Gasteiger partial charge in [-0.1, -0.05) is 30.3 Å². The first-order valence-corrected chi connectivity index (χ1v) is 13.0. The van der Waals surface area contributed by atoms with Gasteiger partial charge in [-0.25, -0.2) is 18.2 Å². The number of halogens is 1. The number of fused-ring (bicyclic) bond motifs is 1. The lowest BCUT2D eigenvalue weighted by molar-refractivity contribution is -0.0000131. The van der Waals surface area contributed by atoms with E-state index >= 15 is 0 Å². The maximum Gasteiger partial charge on any atom is 0.335 e. The summed E-state index contributed by atoms with van der Waals surface area (Å²) in [5.41, 5.74) is 5.59. The monoisotopic (exact) mass is 507 g/mol. The lowest BCUT2D eigenvalue weighted by Gasteiger charge is -2.37. The number of benzene rings is 2. The number of carbonyl (C=O) groups excluding carboxylic acids is 1. The van der Waals surface area contributed by atoms with Crippen molar-refractivity contribution >= 4 is 32.8 Å². The molecule has 2 heterocycles. The highest BCUT2D eigenvalue weighted by Gasteiger charge is 2.31. The minimum atomic E-state index is -3.95. The zero-order valence-electron chi connectivity index (χ0n) is 19.1. The summed E-state index contributed by atoms with van der Waals surface area (Å²) >= 11 is 0. The summed E-state index contributed by atoms with van der Waals surface area (Å²) < 4.78 is 26.6. The molecule has 0 radical (unpaired) electrons. The topological polar surface area (TPSA) is 123 Å². The molecule has 4 rings (SSSR count). The molecule has 0 saturated carbocycles. The van der Waals surface area contributed by atoms with Crippen molar-refractivity contribution in [1.82, 2.24) is 19.6 Å². The van der Waals surface area contributed by atoms with Gasteiger partial charge in [0.05, 0.1) is 4.90 Å². The summed E-state index contributed by atoms with van der Waals surface area (Å²) in [5.74, 6) is 0.167. The van der Waals surface area contributed by atoms with Gasteiger partial charge in [0.1, 0.15) is 0 Å². The van der Waals surface area contributed by atoms with Gasteiger partial charge in [0, 0.05) is 32.7 Å². The normalized spacial score (nSPS) is 17.3. The third kappa shape index (κ3) is 6.11. The molecule has 2 fully saturated rings. The van der Waals surface area contributed by atoms with E-state index in [-0.39, 0.29) is 41.8 Å². The van der Waals surface area contributed by atoms with Crippen molar-refractivity contribution in [3.8, 4) is 0 Å². The van der Waals surface area contributed by atoms with Crippen molar-refractivity contribution in [3.63, 3.8) is 0 Å². The predicted molar refractivity (Wildman–Crippen MR) is 128 cm³/mol. The smallest absolute Gasteiger partial charge is 0.335 e. The number of rotatable bonds is 5. The maximum absolute atomic E-state index is 13.3. The fourth-order valence-electron chi connectivity index (χ4n) is 4.56. The van der Waals surface area contributed by atoms with Gasteiger partial charge in [-0.15, -0.1) is 4.83 Å². The second kappa shape index (κ2) is 11.2. The molecule has 0 aromatic heterocycles. The Hall–Kier alpha value is -2.56. The molecular weight excluding hydrogens is 476 g/mol. The van der Waals surface area contributed by atoms with Crippen LogP contribution in [0.1, 0.15) is 32.1 Å². The SMILES string of the molecule is N=C(N)N1CCC(CN(NS(=O)(=O)c2ccc3ccccc3c2)C(=O)N2CCCCC2)CC1.[Cl-]. The molecule has 11 heteroatoms. The molecule has 0 bridgehead atoms. The van der Waals surface area contributed by atoms with E-state index in [9.17, 15) is 13.2 Å². The number of nitrogens with zero attached hydrogens (tertiary/aromatic N) is 3. The molecule has 34 heavy (non-hydrogen) atoms. The number of carbonyl (C=O) groups is 1. The van der Waals surface area contributed by atoms with Crippen molar-refractivity contribution in [2.75, 3.05) is 32.7 Å². The Bertz CT molecular complexity index is 1110. The molecule has 2 aromatic carbocycles. The second-order valence-corrected chi connectivity index (χ2v) is 10.5. The Kier molecular flexibility index (Phi) is 8.62. The first-order valence-electron chi connectivity index (χ1n) is 11.5. The van der Waals surface area contributed by atoms with Gasteiger partial charge < -0.3 is 27.9 Å². The lowest BCUT2D eigenvalue weighted by Crippen LogP contribution is -3.00. The number of amides is 2. The van der Waals surface area contributed by atoms with Crippen molar-refractivity contribution in [3.05, 3.63) is 42.5 Å². The van der Waals surface area contributed by atoms with Gasteiger partial charge in [-0.2, -0.15) is 0 Å². The van der Waals surface area contributed by atoms with Crippen LogP contribution < -0.4 is 23.0 Å². The van der Waals surface area contributed by atoms with Gasteiger partial charge in [0.15, 0.2) is 5.96 Å². The fraction of sp³-hybridized carbons (Fsp3) is 0.478. The van der Waals surface area contributed by atoms with Crippen LogP contribution in [0.5, 0.6) is 0 Å². The van der Waals surface area contributed by atoms with Crippen LogP contribution in [-0.2, 0) is 10.0 Å². The van der Waals surface area contributed by atoms with Crippen molar-refractivity contribution < 1.29 is 25.6 Å². The average molecular weight is 508 g/mol. The molecule has 9 nitrogen and oxygen atoms in total. The number of hydrazine groups is 1. The van der Waals surface area contributed by atoms with Crippen molar-refractivity contribution in [2.45, 2.75) is 37.0 Å². The molecule has 2 aromatic rings. The minimum absolute atomic E-state index is 0. The van der Waals surface area contributed by atoms with Crippen LogP contribution in [0.25, 0.3) is 10.8 Å². The zero-order valence-corrected chi connectivity index (χ0v) is 20.7. The Balaban J connectivity index is 0.00000324. The first kappa shape index (κ1) is 26.1. The molecule has 0 unspecified atom stereocenters. The van der Waals surface area contributed by atoms with Crippen LogP contribution in [0.2, 0.25) is 0 Å². The van der Waals surface area contributed by atoms with E-state index in [0.717, 1.165) is 42.9 Å². The van der Waals surface area contributed by atoms with Crippen LogP contribution in [0, 0.1) is 11.3 Å². The number of hydrogen-bond donors (Lipinski definition) is 3. The van der Waals surface area contributed by atoms with Crippen LogP contribution in [0.4, 0.5) is 4.79 Å². The Morgan fingerprint density at radius 3 is 2.29 bits per heavy atom. The van der Waals surface area contributed by atoms with E-state index in [1.165, 1.54) is 5.01 Å². The highest BCUT2D eigenvalue weighted by atomic mass is 35.5. The molecule has 186 valence electrons. The van der Waals surface area contributed by atoms with Crippen molar-refractivity contribution in [1.29, 1.82) is 5.41 Å². The molecule has 2 aliphatic heterocycles. The van der Waals surface area contributed by atoms with Crippen LogP contribution in [-0.4, -0.2) is 67.9 Å². The number of urea groups is 1. The summed E-state index contributed by atoms with van der Waals surface area (Å²) in [4.78, 5) is 19.6. The van der Waals surface area contributed by atoms with E-state index in [0.29, 0.717) is 26.2 Å². The van der Waals surface area contributed by atoms with Crippen LogP contribution in [0.3, 0.4) is 0 Å². The van der Waals surface area contributed by atoms with Gasteiger partial charge in [0.2, 0.25) is 0 Å². The number of nitrogens with one attached hydrogen (secondary N) is 2. The highest BCUT2D eigenvalue weighted by Crippen LogP contribution is 2.22. The number of sulfonamides is 1. The third-order valence-corrected chi connectivity index (χ3v) is 7.85. The van der Waals surface area contributed by atoms with Gasteiger partial charge in [-0.05, 0) is 60.9 Å². The summed E-state index contributed by atoms with van der Waals surface area (Å²) in [7, 11) is -3.95. The average Bonchev–Trinajstić information content (AvgIpc) is 2.83. The van der Waals surface area contributed by atoms with Crippen LogP contribution in [0.15, 0.2) is 47.4 Å². The quantitative estimate of drug-likeness (QED) is 0.287. The first-order chi connectivity index (χ1) is 15.8. The molecular formula is C23H32ClN6O3S-. The number of hydrogen-bond acceptors (Lipinski definition) is 4. The number of likely N-dealkylation sites (tertiary alicyclic amines) is 2. The predicted octanol–water partition coefficient (Wildman–Crippen LogP) is -0.450. The minimum Gasteiger partial charge on any atom is -1.00 e. The summed E-state index contributed by atoms with van der Waals surface area (Å²) in [5, 5.41) is 10.7. The number of piperidine rings is 2. The second-order valence-electron chi connectivity index (χ2n) is 8.86. The van der Waals surface area contributed by atoms with E-state index in [2.05, 4.69) is 4.83 Å². The summed E-state index contributed by atoms with van der Waals surface area (Å²) in [6.45, 7) is 2.81. The fourth-order valence-corrected chi connectivity index (χ4v) is 5.63. The Labute approximate surface area is 207 Å². The molecule has 2 amide bonds. The number of nitrogens with two attached hydrogens (primary N) is 1. The lowest BCUT2D eigenvalue weighted by atomic mass is 9.97. The molecule has 4 N–H and O–H groups in total. The van der Waals surface area contributed by atoms with Crippen LogP contribution >= 0.6 is 0 Å². The third-order valence-electron chi connectivity index (χ3n) is 6.52. The molecule has 0 spiro atoms. The van der Waals surface area contributed by atoms with E-state index < -0.39 is 10.0 Å². The Morgan fingerprint density at radius 1 is 1.00 bits per heavy atom. The number of guanidine groups is 1. The van der Waals surface area contributed by atoms with E-state index in [1.54, 1.807) is 28.0 Å².